The van der Waals surface area contributed by atoms with Crippen LogP contribution in [0.1, 0.15) is 21.7 Å². The molecule has 6 heteroatoms. The molecule has 19 heavy (non-hydrogen) atoms. The van der Waals surface area contributed by atoms with Gasteiger partial charge in [0.15, 0.2) is 0 Å². The van der Waals surface area contributed by atoms with E-state index in [4.69, 9.17) is 9.84 Å². The van der Waals surface area contributed by atoms with Crippen LogP contribution < -0.4 is 0 Å². The first-order valence-electron chi connectivity index (χ1n) is 5.89. The van der Waals surface area contributed by atoms with Gasteiger partial charge in [-0.05, 0) is 24.1 Å². The van der Waals surface area contributed by atoms with Crippen molar-refractivity contribution in [3.63, 3.8) is 0 Å². The molecule has 0 amide bonds. The summed E-state index contributed by atoms with van der Waals surface area (Å²) < 4.78 is 6.74. The summed E-state index contributed by atoms with van der Waals surface area (Å²) in [6.07, 6.45) is 7.52. The lowest BCUT2D eigenvalue weighted by atomic mass is 10.1. The molecule has 1 aliphatic carbocycles. The second-order valence-electron chi connectivity index (χ2n) is 4.30. The molecule has 98 valence electrons. The molecule has 5 nitrogen and oxygen atoms in total. The number of ether oxygens (including phenoxy) is 1. The van der Waals surface area contributed by atoms with Gasteiger partial charge in [0, 0.05) is 28.6 Å². The van der Waals surface area contributed by atoms with Crippen molar-refractivity contribution in [3.05, 3.63) is 45.9 Å². The molecule has 0 atom stereocenters. The average Bonchev–Trinajstić information content (AvgIpc) is 2.97. The molecule has 0 fully saturated rings. The van der Waals surface area contributed by atoms with Crippen molar-refractivity contribution in [1.29, 1.82) is 0 Å². The van der Waals surface area contributed by atoms with E-state index in [1.807, 2.05) is 16.8 Å². The first-order valence-corrected chi connectivity index (χ1v) is 6.71. The number of aromatic nitrogens is 2. The minimum atomic E-state index is -1.25. The summed E-state index contributed by atoms with van der Waals surface area (Å²) in [6.45, 7) is 0.792. The van der Waals surface area contributed by atoms with Crippen molar-refractivity contribution < 1.29 is 14.6 Å². The van der Waals surface area contributed by atoms with Gasteiger partial charge < -0.3 is 14.4 Å². The standard InChI is InChI=1S/C13H12N2O3S/c16-13(17)18-10-1-2-12-9(5-10)6-11(19-12)7-15-4-3-14-8-15/h3-6,8H,1-2,7H2,(H,16,17). The largest absolute Gasteiger partial charge is 0.511 e. The summed E-state index contributed by atoms with van der Waals surface area (Å²) in [5.74, 6) is 0.520. The predicted octanol–water partition coefficient (Wildman–Crippen LogP) is 2.97. The van der Waals surface area contributed by atoms with Crippen LogP contribution in [0.2, 0.25) is 0 Å². The maximum absolute atomic E-state index is 10.5. The highest BCUT2D eigenvalue weighted by Gasteiger charge is 2.16. The number of hydrogen-bond acceptors (Lipinski definition) is 4. The molecule has 0 radical (unpaired) electrons. The van der Waals surface area contributed by atoms with E-state index >= 15 is 0 Å². The molecule has 1 N–H and O–H groups in total. The van der Waals surface area contributed by atoms with E-state index in [9.17, 15) is 4.79 Å². The number of rotatable bonds is 3. The van der Waals surface area contributed by atoms with E-state index in [0.717, 1.165) is 18.5 Å². The van der Waals surface area contributed by atoms with Gasteiger partial charge in [-0.15, -0.1) is 11.3 Å². The molecule has 0 saturated heterocycles. The normalized spacial score (nSPS) is 13.8. The van der Waals surface area contributed by atoms with Crippen LogP contribution in [0, 0.1) is 0 Å². The number of thiophene rings is 1. The minimum Gasteiger partial charge on any atom is -0.449 e. The Morgan fingerprint density at radius 2 is 2.42 bits per heavy atom. The average molecular weight is 276 g/mol. The van der Waals surface area contributed by atoms with Crippen LogP contribution in [-0.2, 0) is 17.7 Å². The van der Waals surface area contributed by atoms with Crippen molar-refractivity contribution in [1.82, 2.24) is 9.55 Å². The fraction of sp³-hybridized carbons (Fsp3) is 0.231. The van der Waals surface area contributed by atoms with Crippen LogP contribution in [0.25, 0.3) is 6.08 Å². The van der Waals surface area contributed by atoms with Crippen LogP contribution in [-0.4, -0.2) is 20.8 Å². The van der Waals surface area contributed by atoms with Gasteiger partial charge in [-0.3, -0.25) is 0 Å². The molecule has 2 aromatic rings. The third-order valence-electron chi connectivity index (χ3n) is 2.92. The number of aryl methyl sites for hydroxylation is 1. The molecule has 2 aromatic heterocycles. The van der Waals surface area contributed by atoms with Gasteiger partial charge in [-0.25, -0.2) is 9.78 Å². The summed E-state index contributed by atoms with van der Waals surface area (Å²) >= 11 is 1.76. The summed E-state index contributed by atoms with van der Waals surface area (Å²) in [5.41, 5.74) is 1.07. The number of allylic oxidation sites excluding steroid dienone is 1. The Morgan fingerprint density at radius 3 is 3.16 bits per heavy atom. The van der Waals surface area contributed by atoms with E-state index in [1.165, 1.54) is 9.75 Å². The highest BCUT2D eigenvalue weighted by molar-refractivity contribution is 7.12. The first-order chi connectivity index (χ1) is 9.20. The Balaban J connectivity index is 1.80. The smallest absolute Gasteiger partial charge is 0.449 e. The molecular weight excluding hydrogens is 264 g/mol. The Hall–Kier alpha value is -2.08. The first kappa shape index (κ1) is 12.0. The molecule has 3 rings (SSSR count). The zero-order chi connectivity index (χ0) is 13.2. The van der Waals surface area contributed by atoms with Gasteiger partial charge in [0.05, 0.1) is 12.9 Å². The number of fused-ring (bicyclic) bond motifs is 1. The Labute approximate surface area is 113 Å². The van der Waals surface area contributed by atoms with Gasteiger partial charge in [0.1, 0.15) is 5.76 Å². The number of hydrogen-bond donors (Lipinski definition) is 1. The van der Waals surface area contributed by atoms with Crippen molar-refractivity contribution in [2.24, 2.45) is 0 Å². The van der Waals surface area contributed by atoms with Gasteiger partial charge >= 0.3 is 6.16 Å². The molecule has 0 saturated carbocycles. The van der Waals surface area contributed by atoms with Crippen LogP contribution >= 0.6 is 11.3 Å². The SMILES string of the molecule is O=C(O)OC1=Cc2cc(Cn3ccnc3)sc2CC1. The number of carbonyl (C=O) groups is 1. The van der Waals surface area contributed by atoms with Crippen molar-refractivity contribution in [2.75, 3.05) is 0 Å². The molecule has 1 aliphatic rings. The number of carboxylic acid groups (broad SMARTS) is 1. The van der Waals surface area contributed by atoms with Gasteiger partial charge in [-0.1, -0.05) is 0 Å². The molecule has 0 bridgehead atoms. The van der Waals surface area contributed by atoms with E-state index in [1.54, 1.807) is 23.9 Å². The Kier molecular flexibility index (Phi) is 3.08. The molecule has 0 aromatic carbocycles. The highest BCUT2D eigenvalue weighted by Crippen LogP contribution is 2.32. The van der Waals surface area contributed by atoms with Crippen LogP contribution in [0.3, 0.4) is 0 Å². The highest BCUT2D eigenvalue weighted by atomic mass is 32.1. The maximum Gasteiger partial charge on any atom is 0.511 e. The monoisotopic (exact) mass is 276 g/mol. The van der Waals surface area contributed by atoms with Crippen molar-refractivity contribution >= 4 is 23.6 Å². The fourth-order valence-corrected chi connectivity index (χ4v) is 3.29. The van der Waals surface area contributed by atoms with Crippen LogP contribution in [0.4, 0.5) is 4.79 Å². The second-order valence-corrected chi connectivity index (χ2v) is 5.53. The van der Waals surface area contributed by atoms with Crippen LogP contribution in [0.15, 0.2) is 30.5 Å². The van der Waals surface area contributed by atoms with E-state index in [-0.39, 0.29) is 0 Å². The third-order valence-corrected chi connectivity index (χ3v) is 4.12. The zero-order valence-electron chi connectivity index (χ0n) is 10.1. The summed E-state index contributed by atoms with van der Waals surface area (Å²) in [4.78, 5) is 17.1. The van der Waals surface area contributed by atoms with Gasteiger partial charge in [0.2, 0.25) is 0 Å². The fourth-order valence-electron chi connectivity index (χ4n) is 2.13. The molecule has 0 aliphatic heterocycles. The van der Waals surface area contributed by atoms with Crippen molar-refractivity contribution in [2.45, 2.75) is 19.4 Å². The molecule has 0 spiro atoms. The lowest BCUT2D eigenvalue weighted by molar-refractivity contribution is 0.117. The lowest BCUT2D eigenvalue weighted by Crippen LogP contribution is -2.04. The van der Waals surface area contributed by atoms with Gasteiger partial charge in [0.25, 0.3) is 0 Å². The quantitative estimate of drug-likeness (QED) is 0.875. The summed E-state index contributed by atoms with van der Waals surface area (Å²) in [7, 11) is 0. The molecule has 2 heterocycles. The van der Waals surface area contributed by atoms with Crippen LogP contribution in [0.5, 0.6) is 0 Å². The van der Waals surface area contributed by atoms with Gasteiger partial charge in [-0.2, -0.15) is 0 Å². The van der Waals surface area contributed by atoms with E-state index in [0.29, 0.717) is 12.2 Å². The number of nitrogens with zero attached hydrogens (tertiary/aromatic N) is 2. The second kappa shape index (κ2) is 4.89. The summed E-state index contributed by atoms with van der Waals surface area (Å²) in [5, 5.41) is 8.62. The minimum absolute atomic E-state index is 0.520. The predicted molar refractivity (Wildman–Crippen MR) is 71.1 cm³/mol. The maximum atomic E-state index is 10.5. The topological polar surface area (TPSA) is 64.3 Å². The molecular formula is C13H12N2O3S. The lowest BCUT2D eigenvalue weighted by Gasteiger charge is -2.10. The Bertz CT molecular complexity index is 628. The third kappa shape index (κ3) is 2.68. The van der Waals surface area contributed by atoms with Crippen molar-refractivity contribution in [3.8, 4) is 0 Å². The Morgan fingerprint density at radius 1 is 1.53 bits per heavy atom. The number of imidazole rings is 1. The zero-order valence-corrected chi connectivity index (χ0v) is 10.9. The molecule has 0 unspecified atom stereocenters. The summed E-state index contributed by atoms with van der Waals surface area (Å²) in [6, 6.07) is 2.09. The van der Waals surface area contributed by atoms with E-state index < -0.39 is 6.16 Å². The van der Waals surface area contributed by atoms with E-state index in [2.05, 4.69) is 11.1 Å².